The number of hydrogen-bond donors (Lipinski definition) is 1. The lowest BCUT2D eigenvalue weighted by Gasteiger charge is -2.01. The molecular formula is C15H15N3O. The minimum absolute atomic E-state index is 0.763. The Morgan fingerprint density at radius 1 is 1.21 bits per heavy atom. The number of aromatic nitrogens is 3. The molecule has 1 aromatic carbocycles. The average Bonchev–Trinajstić information content (AvgIpc) is 2.81. The molecule has 4 heteroatoms. The second-order valence-corrected chi connectivity index (χ2v) is 4.59. The highest BCUT2D eigenvalue weighted by molar-refractivity contribution is 5.71. The molecule has 0 unspecified atom stereocenters. The van der Waals surface area contributed by atoms with E-state index in [4.69, 9.17) is 4.74 Å². The van der Waals surface area contributed by atoms with Crippen molar-refractivity contribution < 1.29 is 4.74 Å². The number of aryl methyl sites for hydroxylation is 1. The molecule has 0 saturated carbocycles. The van der Waals surface area contributed by atoms with Crippen molar-refractivity contribution in [3.8, 4) is 5.75 Å². The minimum Gasteiger partial charge on any atom is -0.497 e. The fourth-order valence-corrected chi connectivity index (χ4v) is 2.07. The largest absolute Gasteiger partial charge is 0.497 e. The highest BCUT2D eigenvalue weighted by atomic mass is 16.5. The van der Waals surface area contributed by atoms with Gasteiger partial charge in [-0.3, -0.25) is 0 Å². The molecule has 2 aromatic heterocycles. The van der Waals surface area contributed by atoms with Crippen LogP contribution in [-0.4, -0.2) is 22.1 Å². The molecule has 0 atom stereocenters. The molecule has 3 aromatic rings. The number of imidazole rings is 1. The predicted octanol–water partition coefficient (Wildman–Crippen LogP) is 2.87. The molecule has 0 aliphatic carbocycles. The van der Waals surface area contributed by atoms with Gasteiger partial charge in [0.2, 0.25) is 0 Å². The molecule has 0 amide bonds. The van der Waals surface area contributed by atoms with Gasteiger partial charge in [-0.15, -0.1) is 0 Å². The highest BCUT2D eigenvalue weighted by Gasteiger charge is 2.05. The molecule has 0 aliphatic rings. The summed E-state index contributed by atoms with van der Waals surface area (Å²) in [6.45, 7) is 2.02. The third-order valence-corrected chi connectivity index (χ3v) is 3.05. The van der Waals surface area contributed by atoms with Gasteiger partial charge in [-0.1, -0.05) is 12.1 Å². The topological polar surface area (TPSA) is 50.8 Å². The monoisotopic (exact) mass is 253 g/mol. The summed E-state index contributed by atoms with van der Waals surface area (Å²) in [6.07, 6.45) is 2.60. The number of nitrogens with zero attached hydrogens (tertiary/aromatic N) is 2. The second kappa shape index (κ2) is 4.72. The van der Waals surface area contributed by atoms with E-state index in [9.17, 15) is 0 Å². The van der Waals surface area contributed by atoms with Crippen LogP contribution >= 0.6 is 0 Å². The standard InChI is InChI=1S/C15H15N3O/c1-10-7-13-15(16-9-10)18-14(17-13)8-11-3-5-12(19-2)6-4-11/h3-7,9H,8H2,1-2H3,(H,16,17,18). The van der Waals surface area contributed by atoms with E-state index in [2.05, 4.69) is 21.0 Å². The molecule has 0 fully saturated rings. The molecule has 96 valence electrons. The van der Waals surface area contributed by atoms with Crippen LogP contribution < -0.4 is 4.74 Å². The number of methoxy groups -OCH3 is 1. The van der Waals surface area contributed by atoms with Crippen molar-refractivity contribution in [2.75, 3.05) is 7.11 Å². The van der Waals surface area contributed by atoms with E-state index >= 15 is 0 Å². The van der Waals surface area contributed by atoms with Gasteiger partial charge in [0.25, 0.3) is 0 Å². The maximum absolute atomic E-state index is 5.15. The number of pyridine rings is 1. The highest BCUT2D eigenvalue weighted by Crippen LogP contribution is 2.16. The van der Waals surface area contributed by atoms with Crippen molar-refractivity contribution in [2.45, 2.75) is 13.3 Å². The quantitative estimate of drug-likeness (QED) is 0.780. The van der Waals surface area contributed by atoms with Gasteiger partial charge in [-0.2, -0.15) is 0 Å². The van der Waals surface area contributed by atoms with Crippen LogP contribution in [0.1, 0.15) is 17.0 Å². The first-order valence-corrected chi connectivity index (χ1v) is 6.19. The molecule has 2 heterocycles. The van der Waals surface area contributed by atoms with Gasteiger partial charge in [0.15, 0.2) is 5.65 Å². The zero-order chi connectivity index (χ0) is 13.2. The Kier molecular flexibility index (Phi) is 2.91. The van der Waals surface area contributed by atoms with Gasteiger partial charge in [0, 0.05) is 12.6 Å². The van der Waals surface area contributed by atoms with Crippen LogP contribution in [0.15, 0.2) is 36.5 Å². The lowest BCUT2D eigenvalue weighted by molar-refractivity contribution is 0.414. The molecule has 1 N–H and O–H groups in total. The van der Waals surface area contributed by atoms with E-state index in [0.717, 1.165) is 34.7 Å². The van der Waals surface area contributed by atoms with Crippen LogP contribution in [0.2, 0.25) is 0 Å². The van der Waals surface area contributed by atoms with Crippen molar-refractivity contribution >= 4 is 11.2 Å². The second-order valence-electron chi connectivity index (χ2n) is 4.59. The van der Waals surface area contributed by atoms with Gasteiger partial charge in [-0.05, 0) is 36.2 Å². The molecule has 0 spiro atoms. The molecule has 0 bridgehead atoms. The third kappa shape index (κ3) is 2.42. The lowest BCUT2D eigenvalue weighted by Crippen LogP contribution is -1.91. The van der Waals surface area contributed by atoms with Gasteiger partial charge >= 0.3 is 0 Å². The smallest absolute Gasteiger partial charge is 0.177 e. The molecule has 0 saturated heterocycles. The summed E-state index contributed by atoms with van der Waals surface area (Å²) >= 11 is 0. The maximum Gasteiger partial charge on any atom is 0.177 e. The van der Waals surface area contributed by atoms with Gasteiger partial charge in [-0.25, -0.2) is 9.97 Å². The predicted molar refractivity (Wildman–Crippen MR) is 74.4 cm³/mol. The number of H-pyrrole nitrogens is 1. The number of benzene rings is 1. The Labute approximate surface area is 111 Å². The summed E-state index contributed by atoms with van der Waals surface area (Å²) in [5, 5.41) is 0. The molecule has 3 rings (SSSR count). The number of hydrogen-bond acceptors (Lipinski definition) is 3. The van der Waals surface area contributed by atoms with Crippen LogP contribution in [0.5, 0.6) is 5.75 Å². The van der Waals surface area contributed by atoms with Crippen molar-refractivity contribution in [3.05, 3.63) is 53.5 Å². The number of aromatic amines is 1. The molecule has 0 radical (unpaired) electrons. The summed E-state index contributed by atoms with van der Waals surface area (Å²) < 4.78 is 5.15. The summed E-state index contributed by atoms with van der Waals surface area (Å²) in [6, 6.07) is 10.1. The Balaban J connectivity index is 1.87. The summed E-state index contributed by atoms with van der Waals surface area (Å²) in [7, 11) is 1.67. The SMILES string of the molecule is COc1ccc(Cc2nc3ncc(C)cc3[nH]2)cc1. The average molecular weight is 253 g/mol. The molecular weight excluding hydrogens is 238 g/mol. The van der Waals surface area contributed by atoms with Crippen LogP contribution in [0.4, 0.5) is 0 Å². The minimum atomic E-state index is 0.763. The summed E-state index contributed by atoms with van der Waals surface area (Å²) in [5.74, 6) is 1.80. The Hall–Kier alpha value is -2.36. The molecule has 4 nitrogen and oxygen atoms in total. The fraction of sp³-hybridized carbons (Fsp3) is 0.200. The van der Waals surface area contributed by atoms with Crippen LogP contribution in [0.25, 0.3) is 11.2 Å². The van der Waals surface area contributed by atoms with E-state index in [-0.39, 0.29) is 0 Å². The number of ether oxygens (including phenoxy) is 1. The van der Waals surface area contributed by atoms with E-state index in [1.165, 1.54) is 5.56 Å². The fourth-order valence-electron chi connectivity index (χ4n) is 2.07. The first-order chi connectivity index (χ1) is 9.24. The Morgan fingerprint density at radius 2 is 2.00 bits per heavy atom. The summed E-state index contributed by atoms with van der Waals surface area (Å²) in [4.78, 5) is 12.1. The Morgan fingerprint density at radius 3 is 2.74 bits per heavy atom. The van der Waals surface area contributed by atoms with Crippen molar-refractivity contribution in [1.82, 2.24) is 15.0 Å². The first kappa shape index (κ1) is 11.7. The molecule has 0 aliphatic heterocycles. The van der Waals surface area contributed by atoms with Gasteiger partial charge in [0.1, 0.15) is 11.6 Å². The first-order valence-electron chi connectivity index (χ1n) is 6.19. The van der Waals surface area contributed by atoms with Crippen molar-refractivity contribution in [1.29, 1.82) is 0 Å². The van der Waals surface area contributed by atoms with E-state index < -0.39 is 0 Å². The van der Waals surface area contributed by atoms with Crippen LogP contribution in [-0.2, 0) is 6.42 Å². The normalized spacial score (nSPS) is 10.8. The summed E-state index contributed by atoms with van der Waals surface area (Å²) in [5.41, 5.74) is 4.08. The zero-order valence-electron chi connectivity index (χ0n) is 11.0. The van der Waals surface area contributed by atoms with E-state index in [1.54, 1.807) is 7.11 Å². The van der Waals surface area contributed by atoms with Gasteiger partial charge in [0.05, 0.1) is 12.6 Å². The van der Waals surface area contributed by atoms with Gasteiger partial charge < -0.3 is 9.72 Å². The number of rotatable bonds is 3. The van der Waals surface area contributed by atoms with Crippen LogP contribution in [0.3, 0.4) is 0 Å². The van der Waals surface area contributed by atoms with E-state index in [1.807, 2.05) is 37.4 Å². The number of fused-ring (bicyclic) bond motifs is 1. The third-order valence-electron chi connectivity index (χ3n) is 3.05. The van der Waals surface area contributed by atoms with Crippen LogP contribution in [0, 0.1) is 6.92 Å². The van der Waals surface area contributed by atoms with Crippen molar-refractivity contribution in [2.24, 2.45) is 0 Å². The lowest BCUT2D eigenvalue weighted by atomic mass is 10.1. The zero-order valence-corrected chi connectivity index (χ0v) is 11.0. The van der Waals surface area contributed by atoms with E-state index in [0.29, 0.717) is 0 Å². The number of nitrogens with one attached hydrogen (secondary N) is 1. The van der Waals surface area contributed by atoms with Crippen molar-refractivity contribution in [3.63, 3.8) is 0 Å². The Bertz CT molecular complexity index is 701. The molecule has 19 heavy (non-hydrogen) atoms. The maximum atomic E-state index is 5.15.